The minimum Gasteiger partial charge on any atom is -0.433 e. The Hall–Kier alpha value is 0.270. The molecule has 0 atom stereocenters. The van der Waals surface area contributed by atoms with Crippen LogP contribution in [-0.4, -0.2) is 0 Å². The first-order valence-corrected chi connectivity index (χ1v) is 2.99. The van der Waals surface area contributed by atoms with Gasteiger partial charge in [-0.2, -0.15) is 0 Å². The van der Waals surface area contributed by atoms with Gasteiger partial charge in [0.1, 0.15) is 5.76 Å². The molecule has 2 heteroatoms. The van der Waals surface area contributed by atoms with Gasteiger partial charge in [-0.15, -0.1) is 0 Å². The van der Waals surface area contributed by atoms with Gasteiger partial charge < -0.3 is 3.07 Å². The molecule has 0 aromatic rings. The molecule has 0 aliphatic rings. The molecule has 0 aromatic heterocycles. The van der Waals surface area contributed by atoms with E-state index in [1.165, 1.54) is 5.57 Å². The lowest BCUT2D eigenvalue weighted by Gasteiger charge is -1.95. The summed E-state index contributed by atoms with van der Waals surface area (Å²) in [5, 5.41) is 0. The number of allylic oxidation sites excluding steroid dienone is 2. The van der Waals surface area contributed by atoms with Crippen molar-refractivity contribution in [1.82, 2.24) is 0 Å². The summed E-state index contributed by atoms with van der Waals surface area (Å²) in [5.41, 5.74) is 1.23. The van der Waals surface area contributed by atoms with Crippen molar-refractivity contribution in [2.45, 2.75) is 20.8 Å². The van der Waals surface area contributed by atoms with Crippen LogP contribution >= 0.6 is 23.0 Å². The number of hydrogen-bond donors (Lipinski definition) is 0. The largest absolute Gasteiger partial charge is 0.433 e. The molecule has 0 fully saturated rings. The van der Waals surface area contributed by atoms with Crippen molar-refractivity contribution in [1.29, 1.82) is 0 Å². The van der Waals surface area contributed by atoms with Crippen LogP contribution in [0.5, 0.6) is 0 Å². The van der Waals surface area contributed by atoms with Crippen LogP contribution in [0.4, 0.5) is 0 Å². The standard InChI is InChI=1S/C5H9IO/c1-4(2)5(3)7-6/h1-3H3. The first kappa shape index (κ1) is 7.27. The van der Waals surface area contributed by atoms with Crippen LogP contribution in [0.25, 0.3) is 0 Å². The molecule has 0 bridgehead atoms. The lowest BCUT2D eigenvalue weighted by atomic mass is 10.3. The second kappa shape index (κ2) is 3.29. The minimum absolute atomic E-state index is 1.00. The van der Waals surface area contributed by atoms with E-state index >= 15 is 0 Å². The average Bonchev–Trinajstić information content (AvgIpc) is 1.65. The van der Waals surface area contributed by atoms with Gasteiger partial charge in [0.25, 0.3) is 0 Å². The van der Waals surface area contributed by atoms with Crippen molar-refractivity contribution in [3.05, 3.63) is 11.3 Å². The molecule has 0 amide bonds. The Morgan fingerprint density at radius 3 is 1.71 bits per heavy atom. The zero-order chi connectivity index (χ0) is 5.86. The van der Waals surface area contributed by atoms with Gasteiger partial charge in [0.15, 0.2) is 23.0 Å². The quantitative estimate of drug-likeness (QED) is 0.479. The molecule has 0 rings (SSSR count). The molecule has 0 aliphatic heterocycles. The molecule has 0 aromatic carbocycles. The maximum absolute atomic E-state index is 4.86. The monoisotopic (exact) mass is 212 g/mol. The predicted octanol–water partition coefficient (Wildman–Crippen LogP) is 2.67. The van der Waals surface area contributed by atoms with Gasteiger partial charge in [-0.25, -0.2) is 0 Å². The molecule has 0 saturated carbocycles. The zero-order valence-corrected chi connectivity index (χ0v) is 6.94. The maximum atomic E-state index is 4.86. The summed E-state index contributed by atoms with van der Waals surface area (Å²) in [6, 6.07) is 0. The number of halogens is 1. The Kier molecular flexibility index (Phi) is 3.42. The van der Waals surface area contributed by atoms with Crippen LogP contribution in [0, 0.1) is 0 Å². The lowest BCUT2D eigenvalue weighted by Crippen LogP contribution is -1.74. The molecule has 0 spiro atoms. The second-order valence-electron chi connectivity index (χ2n) is 1.63. The van der Waals surface area contributed by atoms with Crippen molar-refractivity contribution in [3.63, 3.8) is 0 Å². The molecule has 0 radical (unpaired) electrons. The van der Waals surface area contributed by atoms with Crippen LogP contribution in [0.2, 0.25) is 0 Å². The van der Waals surface area contributed by atoms with E-state index in [9.17, 15) is 0 Å². The smallest absolute Gasteiger partial charge is 0.192 e. The molecule has 1 nitrogen and oxygen atoms in total. The summed E-state index contributed by atoms with van der Waals surface area (Å²) in [7, 11) is 0. The molecule has 0 N–H and O–H groups in total. The van der Waals surface area contributed by atoms with Gasteiger partial charge in [-0.1, -0.05) is 0 Å². The van der Waals surface area contributed by atoms with E-state index in [0.717, 1.165) is 5.76 Å². The van der Waals surface area contributed by atoms with Crippen molar-refractivity contribution in [2.75, 3.05) is 0 Å². The van der Waals surface area contributed by atoms with E-state index in [2.05, 4.69) is 0 Å². The first-order chi connectivity index (χ1) is 3.18. The molecule has 0 unspecified atom stereocenters. The highest BCUT2D eigenvalue weighted by Gasteiger charge is 1.85. The molecule has 0 aliphatic carbocycles. The van der Waals surface area contributed by atoms with E-state index in [0.29, 0.717) is 0 Å². The van der Waals surface area contributed by atoms with Gasteiger partial charge >= 0.3 is 0 Å². The normalized spacial score (nSPS) is 8.00. The Balaban J connectivity index is 3.72. The zero-order valence-electron chi connectivity index (χ0n) is 4.79. The Labute approximate surface area is 58.4 Å². The number of hydrogen-bond acceptors (Lipinski definition) is 1. The second-order valence-corrected chi connectivity index (χ2v) is 2.07. The molecular weight excluding hydrogens is 203 g/mol. The van der Waals surface area contributed by atoms with Crippen LogP contribution in [-0.2, 0) is 3.07 Å². The van der Waals surface area contributed by atoms with E-state index in [4.69, 9.17) is 3.07 Å². The molecule has 7 heavy (non-hydrogen) atoms. The summed E-state index contributed by atoms with van der Waals surface area (Å²) in [5.74, 6) is 1.00. The van der Waals surface area contributed by atoms with Crippen LogP contribution in [0.1, 0.15) is 20.8 Å². The van der Waals surface area contributed by atoms with Gasteiger partial charge in [0, 0.05) is 0 Å². The summed E-state index contributed by atoms with van der Waals surface area (Å²) in [4.78, 5) is 0. The fraction of sp³-hybridized carbons (Fsp3) is 0.600. The van der Waals surface area contributed by atoms with E-state index in [1.807, 2.05) is 43.8 Å². The lowest BCUT2D eigenvalue weighted by molar-refractivity contribution is 0.554. The highest BCUT2D eigenvalue weighted by molar-refractivity contribution is 14.1. The first-order valence-electron chi connectivity index (χ1n) is 2.11. The molecule has 0 heterocycles. The topological polar surface area (TPSA) is 9.23 Å². The Morgan fingerprint density at radius 1 is 1.29 bits per heavy atom. The van der Waals surface area contributed by atoms with Crippen molar-refractivity contribution in [2.24, 2.45) is 0 Å². The van der Waals surface area contributed by atoms with E-state index in [1.54, 1.807) is 0 Å². The highest BCUT2D eigenvalue weighted by atomic mass is 127. The SMILES string of the molecule is CC(C)=C(C)OI. The van der Waals surface area contributed by atoms with Crippen molar-refractivity contribution < 1.29 is 3.07 Å². The third kappa shape index (κ3) is 2.91. The van der Waals surface area contributed by atoms with Crippen LogP contribution in [0.15, 0.2) is 11.3 Å². The maximum Gasteiger partial charge on any atom is 0.192 e. The third-order valence-electron chi connectivity index (χ3n) is 0.820. The van der Waals surface area contributed by atoms with Crippen LogP contribution < -0.4 is 0 Å². The number of rotatable bonds is 1. The Morgan fingerprint density at radius 2 is 1.71 bits per heavy atom. The summed E-state index contributed by atoms with van der Waals surface area (Å²) in [6.07, 6.45) is 0. The van der Waals surface area contributed by atoms with Crippen molar-refractivity contribution >= 4 is 23.0 Å². The molecular formula is C5H9IO. The third-order valence-corrected chi connectivity index (χ3v) is 1.48. The van der Waals surface area contributed by atoms with E-state index < -0.39 is 0 Å². The van der Waals surface area contributed by atoms with Gasteiger partial charge in [0.05, 0.1) is 0 Å². The fourth-order valence-corrected chi connectivity index (χ4v) is 0.518. The average molecular weight is 212 g/mol. The summed E-state index contributed by atoms with van der Waals surface area (Å²) in [6.45, 7) is 5.99. The predicted molar refractivity (Wildman–Crippen MR) is 39.2 cm³/mol. The van der Waals surface area contributed by atoms with Gasteiger partial charge in [-0.05, 0) is 26.3 Å². The molecule has 0 saturated heterocycles. The van der Waals surface area contributed by atoms with Gasteiger partial charge in [0.2, 0.25) is 0 Å². The minimum atomic E-state index is 1.00. The summed E-state index contributed by atoms with van der Waals surface area (Å²) >= 11 is 1.87. The van der Waals surface area contributed by atoms with E-state index in [-0.39, 0.29) is 0 Å². The Bertz CT molecular complexity index is 82.1. The summed E-state index contributed by atoms with van der Waals surface area (Å²) < 4.78 is 4.86. The molecule has 42 valence electrons. The van der Waals surface area contributed by atoms with Crippen LogP contribution in [0.3, 0.4) is 0 Å². The van der Waals surface area contributed by atoms with Gasteiger partial charge in [-0.3, -0.25) is 0 Å². The highest BCUT2D eigenvalue weighted by Crippen LogP contribution is 2.06. The van der Waals surface area contributed by atoms with Crippen molar-refractivity contribution in [3.8, 4) is 0 Å². The fourth-order valence-electron chi connectivity index (χ4n) is 0.0772.